The van der Waals surface area contributed by atoms with Gasteiger partial charge in [0.05, 0.1) is 17.4 Å². The van der Waals surface area contributed by atoms with Crippen molar-refractivity contribution in [2.24, 2.45) is 0 Å². The van der Waals surface area contributed by atoms with Crippen LogP contribution in [0.2, 0.25) is 0 Å². The van der Waals surface area contributed by atoms with Crippen molar-refractivity contribution in [3.8, 4) is 5.69 Å². The fourth-order valence-corrected chi connectivity index (χ4v) is 2.03. The summed E-state index contributed by atoms with van der Waals surface area (Å²) < 4.78 is 39.3. The molecule has 0 aliphatic carbocycles. The number of nitrogens with zero attached hydrogens (tertiary/aromatic N) is 3. The van der Waals surface area contributed by atoms with E-state index in [2.05, 4.69) is 15.6 Å². The molecule has 0 radical (unpaired) electrons. The molecule has 2 N–H and O–H groups in total. The highest BCUT2D eigenvalue weighted by atomic mass is 19.4. The molecule has 7 nitrogen and oxygen atoms in total. The number of nitrogens with one attached hydrogen (secondary N) is 1. The molecule has 1 unspecified atom stereocenters. The van der Waals surface area contributed by atoms with E-state index in [-0.39, 0.29) is 24.2 Å². The summed E-state index contributed by atoms with van der Waals surface area (Å²) in [4.78, 5) is 22.5. The van der Waals surface area contributed by atoms with Gasteiger partial charge in [-0.05, 0) is 31.5 Å². The Morgan fingerprint density at radius 2 is 2.08 bits per heavy atom. The number of carboxylic acids is 1. The highest BCUT2D eigenvalue weighted by Gasteiger charge is 2.30. The molecule has 1 aromatic carbocycles. The van der Waals surface area contributed by atoms with E-state index in [1.807, 2.05) is 0 Å². The van der Waals surface area contributed by atoms with Gasteiger partial charge in [0.2, 0.25) is 0 Å². The van der Waals surface area contributed by atoms with Crippen LogP contribution in [0.25, 0.3) is 5.69 Å². The summed E-state index contributed by atoms with van der Waals surface area (Å²) in [5, 5.41) is 18.5. The first kappa shape index (κ1) is 18.4. The van der Waals surface area contributed by atoms with Crippen molar-refractivity contribution in [3.05, 3.63) is 41.7 Å². The molecule has 0 bridgehead atoms. The topological polar surface area (TPSA) is 97.1 Å². The summed E-state index contributed by atoms with van der Waals surface area (Å²) in [6, 6.07) is 4.06. The largest absolute Gasteiger partial charge is 0.481 e. The molecular weight excluding hydrogens is 341 g/mol. The molecule has 1 atom stereocenters. The lowest BCUT2D eigenvalue weighted by Crippen LogP contribution is -2.33. The van der Waals surface area contributed by atoms with Crippen LogP contribution in [0.15, 0.2) is 30.5 Å². The van der Waals surface area contributed by atoms with Crippen molar-refractivity contribution in [1.82, 2.24) is 20.3 Å². The van der Waals surface area contributed by atoms with Crippen molar-refractivity contribution in [2.45, 2.75) is 32.0 Å². The van der Waals surface area contributed by atoms with E-state index in [4.69, 9.17) is 5.11 Å². The van der Waals surface area contributed by atoms with E-state index in [1.165, 1.54) is 18.3 Å². The summed E-state index contributed by atoms with van der Waals surface area (Å²) in [5.74, 6) is -1.56. The van der Waals surface area contributed by atoms with Crippen LogP contribution in [-0.4, -0.2) is 38.0 Å². The van der Waals surface area contributed by atoms with E-state index in [0.717, 1.165) is 16.8 Å². The summed E-state index contributed by atoms with van der Waals surface area (Å²) in [6.45, 7) is 1.64. The van der Waals surface area contributed by atoms with Crippen LogP contribution in [0.4, 0.5) is 13.2 Å². The lowest BCUT2D eigenvalue weighted by Gasteiger charge is -2.11. The molecule has 0 fully saturated rings. The Balaban J connectivity index is 2.09. The Morgan fingerprint density at radius 3 is 2.72 bits per heavy atom. The highest BCUT2D eigenvalue weighted by Crippen LogP contribution is 2.30. The van der Waals surface area contributed by atoms with Crippen molar-refractivity contribution in [1.29, 1.82) is 0 Å². The molecule has 0 saturated carbocycles. The van der Waals surface area contributed by atoms with E-state index in [9.17, 15) is 22.8 Å². The lowest BCUT2D eigenvalue weighted by atomic mass is 10.2. The van der Waals surface area contributed by atoms with Gasteiger partial charge in [-0.15, -0.1) is 5.10 Å². The highest BCUT2D eigenvalue weighted by molar-refractivity contribution is 5.92. The predicted molar refractivity (Wildman–Crippen MR) is 80.2 cm³/mol. The normalized spacial score (nSPS) is 12.6. The van der Waals surface area contributed by atoms with Gasteiger partial charge in [-0.2, -0.15) is 13.2 Å². The SMILES string of the molecule is CC(CCC(=O)O)NC(=O)c1cn(-c2cccc(C(F)(F)F)c2)nn1. The van der Waals surface area contributed by atoms with Gasteiger partial charge in [0.15, 0.2) is 5.69 Å². The van der Waals surface area contributed by atoms with E-state index in [0.29, 0.717) is 0 Å². The smallest absolute Gasteiger partial charge is 0.416 e. The minimum atomic E-state index is -4.49. The zero-order valence-corrected chi connectivity index (χ0v) is 13.1. The fraction of sp³-hybridized carbons (Fsp3) is 0.333. The van der Waals surface area contributed by atoms with Gasteiger partial charge in [0.25, 0.3) is 5.91 Å². The van der Waals surface area contributed by atoms with Gasteiger partial charge in [-0.1, -0.05) is 11.3 Å². The number of halogens is 3. The monoisotopic (exact) mass is 356 g/mol. The molecule has 0 saturated heterocycles. The molecule has 2 rings (SSSR count). The molecule has 2 aromatic rings. The molecule has 1 amide bonds. The Labute approximate surface area is 140 Å². The predicted octanol–water partition coefficient (Wildman–Crippen LogP) is 2.27. The third-order valence-electron chi connectivity index (χ3n) is 3.33. The number of amides is 1. The Bertz CT molecular complexity index is 773. The Hall–Kier alpha value is -2.91. The molecule has 134 valence electrons. The number of rotatable bonds is 6. The molecule has 10 heteroatoms. The van der Waals surface area contributed by atoms with Gasteiger partial charge in [0, 0.05) is 12.5 Å². The molecule has 0 aliphatic heterocycles. The van der Waals surface area contributed by atoms with Crippen molar-refractivity contribution in [2.75, 3.05) is 0 Å². The number of carboxylic acid groups (broad SMARTS) is 1. The Morgan fingerprint density at radius 1 is 1.36 bits per heavy atom. The van der Waals surface area contributed by atoms with E-state index in [1.54, 1.807) is 6.92 Å². The van der Waals surface area contributed by atoms with Gasteiger partial charge < -0.3 is 10.4 Å². The first-order valence-electron chi connectivity index (χ1n) is 7.29. The number of alkyl halides is 3. The van der Waals surface area contributed by atoms with Crippen LogP contribution < -0.4 is 5.32 Å². The van der Waals surface area contributed by atoms with Gasteiger partial charge in [-0.3, -0.25) is 9.59 Å². The van der Waals surface area contributed by atoms with Crippen molar-refractivity contribution >= 4 is 11.9 Å². The first-order valence-corrected chi connectivity index (χ1v) is 7.29. The standard InChI is InChI=1S/C15H15F3N4O3/c1-9(5-6-13(23)24)19-14(25)12-8-22(21-20-12)11-4-2-3-10(7-11)15(16,17)18/h2-4,7-9H,5-6H2,1H3,(H,19,25)(H,23,24). The number of carbonyl (C=O) groups excluding carboxylic acids is 1. The molecular formula is C15H15F3N4O3. The number of hydrogen-bond acceptors (Lipinski definition) is 4. The number of aliphatic carboxylic acids is 1. The maximum absolute atomic E-state index is 12.7. The zero-order valence-electron chi connectivity index (χ0n) is 13.1. The minimum Gasteiger partial charge on any atom is -0.481 e. The number of benzene rings is 1. The number of hydrogen-bond donors (Lipinski definition) is 2. The molecule has 25 heavy (non-hydrogen) atoms. The summed E-state index contributed by atoms with van der Waals surface area (Å²) in [6.07, 6.45) is -3.15. The van der Waals surface area contributed by atoms with Crippen LogP contribution in [0, 0.1) is 0 Å². The fourth-order valence-electron chi connectivity index (χ4n) is 2.03. The minimum absolute atomic E-state index is 0.0837. The lowest BCUT2D eigenvalue weighted by molar-refractivity contribution is -0.138. The van der Waals surface area contributed by atoms with Crippen LogP contribution in [-0.2, 0) is 11.0 Å². The van der Waals surface area contributed by atoms with Crippen LogP contribution in [0.3, 0.4) is 0 Å². The van der Waals surface area contributed by atoms with Gasteiger partial charge in [-0.25, -0.2) is 4.68 Å². The first-order chi connectivity index (χ1) is 11.7. The molecule has 0 aliphatic rings. The summed E-state index contributed by atoms with van der Waals surface area (Å²) >= 11 is 0. The molecule has 0 spiro atoms. The maximum Gasteiger partial charge on any atom is 0.416 e. The maximum atomic E-state index is 12.7. The second-order valence-corrected chi connectivity index (χ2v) is 5.40. The average Bonchev–Trinajstić information content (AvgIpc) is 3.02. The third kappa shape index (κ3) is 5.03. The van der Waals surface area contributed by atoms with Crippen LogP contribution in [0.5, 0.6) is 0 Å². The summed E-state index contributed by atoms with van der Waals surface area (Å²) in [7, 11) is 0. The molecule has 1 heterocycles. The van der Waals surface area contributed by atoms with Gasteiger partial charge >= 0.3 is 12.1 Å². The number of aromatic nitrogens is 3. The van der Waals surface area contributed by atoms with Crippen LogP contribution >= 0.6 is 0 Å². The Kier molecular flexibility index (Phi) is 5.40. The van der Waals surface area contributed by atoms with E-state index >= 15 is 0 Å². The quantitative estimate of drug-likeness (QED) is 0.828. The van der Waals surface area contributed by atoms with Gasteiger partial charge in [0.1, 0.15) is 0 Å². The summed E-state index contributed by atoms with van der Waals surface area (Å²) in [5.41, 5.74) is -0.811. The zero-order chi connectivity index (χ0) is 18.6. The van der Waals surface area contributed by atoms with E-state index < -0.39 is 29.7 Å². The van der Waals surface area contributed by atoms with Crippen molar-refractivity contribution < 1.29 is 27.9 Å². The van der Waals surface area contributed by atoms with Crippen LogP contribution in [0.1, 0.15) is 35.8 Å². The third-order valence-corrected chi connectivity index (χ3v) is 3.33. The second kappa shape index (κ2) is 7.32. The van der Waals surface area contributed by atoms with Crippen molar-refractivity contribution in [3.63, 3.8) is 0 Å². The average molecular weight is 356 g/mol. The molecule has 1 aromatic heterocycles. The number of carbonyl (C=O) groups is 2. The second-order valence-electron chi connectivity index (χ2n) is 5.40.